The van der Waals surface area contributed by atoms with Crippen LogP contribution >= 0.6 is 11.3 Å². The Labute approximate surface area is 248 Å². The number of furan rings is 1. The van der Waals surface area contributed by atoms with Crippen LogP contribution in [0.2, 0.25) is 0 Å². The Morgan fingerprint density at radius 1 is 0.452 bits per heavy atom. The Morgan fingerprint density at radius 2 is 0.905 bits per heavy atom. The molecule has 0 aliphatic carbocycles. The van der Waals surface area contributed by atoms with E-state index in [0.717, 1.165) is 27.5 Å². The lowest BCUT2D eigenvalue weighted by Crippen LogP contribution is -1.76. The van der Waals surface area contributed by atoms with Crippen LogP contribution in [0, 0.1) is 13.8 Å². The summed E-state index contributed by atoms with van der Waals surface area (Å²) in [5, 5.41) is 7.33. The summed E-state index contributed by atoms with van der Waals surface area (Å²) in [5.41, 5.74) is 9.18. The van der Waals surface area contributed by atoms with Gasteiger partial charge in [0.15, 0.2) is 0 Å². The molecule has 0 aliphatic heterocycles. The Bertz CT molecular complexity index is 2170. The first-order valence-electron chi connectivity index (χ1n) is 14.3. The van der Waals surface area contributed by atoms with E-state index in [1.807, 2.05) is 11.3 Å². The van der Waals surface area contributed by atoms with Gasteiger partial charge in [0, 0.05) is 41.7 Å². The molecular weight excluding hydrogens is 529 g/mol. The van der Waals surface area contributed by atoms with Crippen LogP contribution in [0.3, 0.4) is 0 Å². The molecule has 0 amide bonds. The molecule has 0 N–H and O–H groups in total. The second-order valence-corrected chi connectivity index (χ2v) is 12.2. The molecule has 2 aromatic heterocycles. The standard InChI is InChI=1S/C40H28OS/c1-25-3-7-27(8-4-25)11-13-29-15-17-31-33-19-22-36-34(39(33)41-37(31)23-29)20-21-35-32-18-16-30(24-38(32)42-40(35)36)14-12-28-9-5-26(2)6-10-28/h3-24H,1-2H3/b13-11+,14-12+. The Morgan fingerprint density at radius 3 is 1.55 bits per heavy atom. The van der Waals surface area contributed by atoms with Gasteiger partial charge in [-0.25, -0.2) is 0 Å². The average Bonchev–Trinajstić information content (AvgIpc) is 3.58. The second kappa shape index (κ2) is 9.87. The fourth-order valence-corrected chi connectivity index (χ4v) is 7.13. The molecule has 2 heterocycles. The number of benzene rings is 6. The van der Waals surface area contributed by atoms with Crippen molar-refractivity contribution < 1.29 is 4.42 Å². The minimum absolute atomic E-state index is 0.921. The molecule has 8 rings (SSSR count). The summed E-state index contributed by atoms with van der Waals surface area (Å²) in [6, 6.07) is 39.5. The van der Waals surface area contributed by atoms with E-state index in [4.69, 9.17) is 4.42 Å². The van der Waals surface area contributed by atoms with Crippen LogP contribution in [0.5, 0.6) is 0 Å². The third-order valence-corrected chi connectivity index (χ3v) is 9.41. The van der Waals surface area contributed by atoms with E-state index in [1.165, 1.54) is 58.8 Å². The van der Waals surface area contributed by atoms with E-state index in [1.54, 1.807) is 0 Å². The molecule has 0 saturated carbocycles. The largest absolute Gasteiger partial charge is 0.455 e. The molecule has 0 aliphatic rings. The number of thiophene rings is 1. The molecule has 0 radical (unpaired) electrons. The van der Waals surface area contributed by atoms with E-state index in [2.05, 4.69) is 147 Å². The molecule has 8 aromatic rings. The third kappa shape index (κ3) is 4.32. The minimum Gasteiger partial charge on any atom is -0.455 e. The summed E-state index contributed by atoms with van der Waals surface area (Å²) in [6.45, 7) is 4.23. The predicted molar refractivity (Wildman–Crippen MR) is 184 cm³/mol. The number of hydrogen-bond donors (Lipinski definition) is 0. The zero-order valence-electron chi connectivity index (χ0n) is 23.5. The summed E-state index contributed by atoms with van der Waals surface area (Å²) in [5.74, 6) is 0. The van der Waals surface area contributed by atoms with Gasteiger partial charge in [-0.15, -0.1) is 11.3 Å². The summed E-state index contributed by atoms with van der Waals surface area (Å²) in [4.78, 5) is 0. The first-order valence-corrected chi connectivity index (χ1v) is 15.1. The molecule has 200 valence electrons. The van der Waals surface area contributed by atoms with Gasteiger partial charge in [0.2, 0.25) is 0 Å². The van der Waals surface area contributed by atoms with E-state index >= 15 is 0 Å². The topological polar surface area (TPSA) is 13.1 Å². The van der Waals surface area contributed by atoms with Crippen LogP contribution in [-0.4, -0.2) is 0 Å². The Balaban J connectivity index is 1.19. The number of hydrogen-bond acceptors (Lipinski definition) is 2. The Hall–Kier alpha value is -4.92. The summed E-state index contributed by atoms with van der Waals surface area (Å²) < 4.78 is 9.17. The van der Waals surface area contributed by atoms with Gasteiger partial charge in [-0.3, -0.25) is 0 Å². The van der Waals surface area contributed by atoms with E-state index in [9.17, 15) is 0 Å². The lowest BCUT2D eigenvalue weighted by Gasteiger charge is -2.01. The maximum Gasteiger partial charge on any atom is 0.143 e. The smallest absolute Gasteiger partial charge is 0.143 e. The lowest BCUT2D eigenvalue weighted by atomic mass is 10.0. The van der Waals surface area contributed by atoms with Gasteiger partial charge in [0.1, 0.15) is 11.2 Å². The van der Waals surface area contributed by atoms with Crippen LogP contribution in [0.1, 0.15) is 33.4 Å². The summed E-state index contributed by atoms with van der Waals surface area (Å²) in [7, 11) is 0. The van der Waals surface area contributed by atoms with Gasteiger partial charge in [-0.2, -0.15) is 0 Å². The molecular formula is C40H28OS. The van der Waals surface area contributed by atoms with Crippen LogP contribution < -0.4 is 0 Å². The van der Waals surface area contributed by atoms with Crippen molar-refractivity contribution in [1.82, 2.24) is 0 Å². The van der Waals surface area contributed by atoms with Crippen molar-refractivity contribution in [3.63, 3.8) is 0 Å². The van der Waals surface area contributed by atoms with E-state index in [0.29, 0.717) is 0 Å². The quantitative estimate of drug-likeness (QED) is 0.197. The highest BCUT2D eigenvalue weighted by Gasteiger charge is 2.14. The highest BCUT2D eigenvalue weighted by Crippen LogP contribution is 2.42. The first-order chi connectivity index (χ1) is 20.6. The first kappa shape index (κ1) is 24.8. The molecule has 6 aromatic carbocycles. The minimum atomic E-state index is 0.921. The van der Waals surface area contributed by atoms with Gasteiger partial charge in [-0.05, 0) is 66.4 Å². The second-order valence-electron chi connectivity index (χ2n) is 11.2. The van der Waals surface area contributed by atoms with Crippen LogP contribution in [0.4, 0.5) is 0 Å². The van der Waals surface area contributed by atoms with Crippen molar-refractivity contribution in [3.8, 4) is 0 Å². The number of rotatable bonds is 4. The van der Waals surface area contributed by atoms with Crippen molar-refractivity contribution in [2.24, 2.45) is 0 Å². The van der Waals surface area contributed by atoms with Crippen LogP contribution in [0.15, 0.2) is 114 Å². The molecule has 2 heteroatoms. The zero-order valence-corrected chi connectivity index (χ0v) is 24.3. The molecule has 0 fully saturated rings. The predicted octanol–water partition coefficient (Wildman–Crippen LogP) is 12.1. The normalized spacial score (nSPS) is 12.3. The van der Waals surface area contributed by atoms with Gasteiger partial charge in [-0.1, -0.05) is 114 Å². The number of aryl methyl sites for hydroxylation is 2. The molecule has 0 saturated heterocycles. The molecule has 1 nitrogen and oxygen atoms in total. The van der Waals surface area contributed by atoms with Crippen molar-refractivity contribution in [1.29, 1.82) is 0 Å². The van der Waals surface area contributed by atoms with E-state index < -0.39 is 0 Å². The van der Waals surface area contributed by atoms with Gasteiger partial charge in [0.05, 0.1) is 0 Å². The van der Waals surface area contributed by atoms with Crippen molar-refractivity contribution in [2.45, 2.75) is 13.8 Å². The van der Waals surface area contributed by atoms with Gasteiger partial charge in [0.25, 0.3) is 0 Å². The zero-order chi connectivity index (χ0) is 28.2. The lowest BCUT2D eigenvalue weighted by molar-refractivity contribution is 0.672. The fourth-order valence-electron chi connectivity index (χ4n) is 5.85. The fraction of sp³-hybridized carbons (Fsp3) is 0.0500. The summed E-state index contributed by atoms with van der Waals surface area (Å²) >= 11 is 1.87. The van der Waals surface area contributed by atoms with Crippen molar-refractivity contribution >= 4 is 88.5 Å². The van der Waals surface area contributed by atoms with Crippen molar-refractivity contribution in [3.05, 3.63) is 143 Å². The molecule has 42 heavy (non-hydrogen) atoms. The average molecular weight is 557 g/mol. The van der Waals surface area contributed by atoms with Crippen molar-refractivity contribution in [2.75, 3.05) is 0 Å². The number of fused-ring (bicyclic) bond motifs is 9. The highest BCUT2D eigenvalue weighted by atomic mass is 32.1. The summed E-state index contributed by atoms with van der Waals surface area (Å²) in [6.07, 6.45) is 8.70. The van der Waals surface area contributed by atoms with Gasteiger partial charge < -0.3 is 4.42 Å². The molecule has 0 atom stereocenters. The van der Waals surface area contributed by atoms with Crippen LogP contribution in [0.25, 0.3) is 77.2 Å². The maximum atomic E-state index is 6.56. The molecule has 0 bridgehead atoms. The monoisotopic (exact) mass is 556 g/mol. The van der Waals surface area contributed by atoms with Crippen LogP contribution in [-0.2, 0) is 0 Å². The highest BCUT2D eigenvalue weighted by molar-refractivity contribution is 7.26. The Kier molecular flexibility index (Phi) is 5.84. The molecule has 0 spiro atoms. The SMILES string of the molecule is Cc1ccc(/C=C/c2ccc3c(c2)oc2c3ccc3c2ccc2c4ccc(/C=C/c5ccc(C)cc5)cc4sc23)cc1. The molecule has 0 unspecified atom stereocenters. The van der Waals surface area contributed by atoms with E-state index in [-0.39, 0.29) is 0 Å². The van der Waals surface area contributed by atoms with Gasteiger partial charge >= 0.3 is 0 Å². The maximum absolute atomic E-state index is 6.56. The third-order valence-electron chi connectivity index (χ3n) is 8.21.